The van der Waals surface area contributed by atoms with Crippen molar-refractivity contribution < 1.29 is 5.11 Å². The molecular formula is C8H14O. The number of aliphatic hydroxyl groups excluding tert-OH is 1. The van der Waals surface area contributed by atoms with Crippen LogP contribution in [-0.2, 0) is 0 Å². The van der Waals surface area contributed by atoms with Gasteiger partial charge in [-0.2, -0.15) is 0 Å². The van der Waals surface area contributed by atoms with E-state index in [1.165, 1.54) is 0 Å². The lowest BCUT2D eigenvalue weighted by atomic mass is 10.3. The molecule has 1 heteroatoms. The van der Waals surface area contributed by atoms with E-state index in [0.29, 0.717) is 5.76 Å². The van der Waals surface area contributed by atoms with Gasteiger partial charge in [-0.25, -0.2) is 0 Å². The van der Waals surface area contributed by atoms with Gasteiger partial charge < -0.3 is 5.11 Å². The first-order chi connectivity index (χ1) is 4.31. The van der Waals surface area contributed by atoms with Gasteiger partial charge in [-0.1, -0.05) is 19.1 Å². The van der Waals surface area contributed by atoms with Gasteiger partial charge in [0.15, 0.2) is 0 Å². The molecule has 0 aromatic heterocycles. The Labute approximate surface area is 56.7 Å². The summed E-state index contributed by atoms with van der Waals surface area (Å²) in [5.74, 6) is 0.468. The second kappa shape index (κ2) is 5.42. The van der Waals surface area contributed by atoms with Crippen LogP contribution in [0.1, 0.15) is 26.7 Å². The maximum absolute atomic E-state index is 8.99. The number of hydrogen-bond acceptors (Lipinski definition) is 1. The molecule has 0 aromatic carbocycles. The SMILES string of the molecule is C/C=C\C=C(\O)CCC. The van der Waals surface area contributed by atoms with Crippen LogP contribution in [0.15, 0.2) is 24.0 Å². The quantitative estimate of drug-likeness (QED) is 0.455. The lowest BCUT2D eigenvalue weighted by Gasteiger charge is -1.91. The zero-order valence-electron chi connectivity index (χ0n) is 6.09. The lowest BCUT2D eigenvalue weighted by molar-refractivity contribution is 0.387. The molecule has 0 aromatic rings. The first-order valence-electron chi connectivity index (χ1n) is 3.32. The van der Waals surface area contributed by atoms with Crippen LogP contribution < -0.4 is 0 Å². The van der Waals surface area contributed by atoms with Gasteiger partial charge in [-0.15, -0.1) is 0 Å². The van der Waals surface area contributed by atoms with Gasteiger partial charge in [0.05, 0.1) is 5.76 Å². The topological polar surface area (TPSA) is 20.2 Å². The minimum Gasteiger partial charge on any atom is -0.512 e. The van der Waals surface area contributed by atoms with E-state index in [1.54, 1.807) is 6.08 Å². The minimum atomic E-state index is 0.468. The highest BCUT2D eigenvalue weighted by atomic mass is 16.3. The molecule has 0 saturated carbocycles. The Morgan fingerprint density at radius 3 is 2.67 bits per heavy atom. The second-order valence-corrected chi connectivity index (χ2v) is 1.93. The normalized spacial score (nSPS) is 12.9. The first-order valence-corrected chi connectivity index (χ1v) is 3.32. The van der Waals surface area contributed by atoms with E-state index < -0.39 is 0 Å². The van der Waals surface area contributed by atoms with Crippen molar-refractivity contribution in [3.63, 3.8) is 0 Å². The van der Waals surface area contributed by atoms with Gasteiger partial charge >= 0.3 is 0 Å². The van der Waals surface area contributed by atoms with Gasteiger partial charge in [-0.05, 0) is 19.4 Å². The minimum absolute atomic E-state index is 0.468. The zero-order valence-corrected chi connectivity index (χ0v) is 6.09. The Hall–Kier alpha value is -0.720. The lowest BCUT2D eigenvalue weighted by Crippen LogP contribution is -1.76. The molecule has 0 unspecified atom stereocenters. The maximum atomic E-state index is 8.99. The summed E-state index contributed by atoms with van der Waals surface area (Å²) in [6, 6.07) is 0. The van der Waals surface area contributed by atoms with Crippen LogP contribution in [0.2, 0.25) is 0 Å². The molecule has 0 aliphatic carbocycles. The number of rotatable bonds is 3. The molecule has 0 saturated heterocycles. The summed E-state index contributed by atoms with van der Waals surface area (Å²) in [5.41, 5.74) is 0. The molecule has 0 atom stereocenters. The Bertz CT molecular complexity index is 112. The molecule has 0 rings (SSSR count). The fourth-order valence-electron chi connectivity index (χ4n) is 0.547. The molecule has 0 aliphatic rings. The Morgan fingerprint density at radius 1 is 1.56 bits per heavy atom. The van der Waals surface area contributed by atoms with E-state index in [-0.39, 0.29) is 0 Å². The first kappa shape index (κ1) is 8.28. The van der Waals surface area contributed by atoms with Crippen molar-refractivity contribution in [3.05, 3.63) is 24.0 Å². The van der Waals surface area contributed by atoms with Gasteiger partial charge in [0.1, 0.15) is 0 Å². The molecule has 1 N–H and O–H groups in total. The maximum Gasteiger partial charge on any atom is 0.0922 e. The molecule has 0 spiro atoms. The van der Waals surface area contributed by atoms with Crippen LogP contribution in [0.5, 0.6) is 0 Å². The van der Waals surface area contributed by atoms with Crippen molar-refractivity contribution in [2.45, 2.75) is 26.7 Å². The summed E-state index contributed by atoms with van der Waals surface area (Å²) in [5, 5.41) is 8.99. The van der Waals surface area contributed by atoms with Crippen molar-refractivity contribution in [2.24, 2.45) is 0 Å². The van der Waals surface area contributed by atoms with E-state index >= 15 is 0 Å². The molecule has 0 aliphatic heterocycles. The van der Waals surface area contributed by atoms with Gasteiger partial charge in [-0.3, -0.25) is 0 Å². The smallest absolute Gasteiger partial charge is 0.0922 e. The number of hydrogen-bond donors (Lipinski definition) is 1. The summed E-state index contributed by atoms with van der Waals surface area (Å²) in [6.45, 7) is 3.97. The Balaban J connectivity index is 3.55. The highest BCUT2D eigenvalue weighted by molar-refractivity contribution is 5.05. The fraction of sp³-hybridized carbons (Fsp3) is 0.500. The van der Waals surface area contributed by atoms with Crippen LogP contribution in [0.4, 0.5) is 0 Å². The van der Waals surface area contributed by atoms with Crippen LogP contribution in [0.3, 0.4) is 0 Å². The van der Waals surface area contributed by atoms with E-state index in [9.17, 15) is 0 Å². The van der Waals surface area contributed by atoms with Crippen LogP contribution >= 0.6 is 0 Å². The van der Waals surface area contributed by atoms with Crippen molar-refractivity contribution in [3.8, 4) is 0 Å². The van der Waals surface area contributed by atoms with Gasteiger partial charge in [0.25, 0.3) is 0 Å². The second-order valence-electron chi connectivity index (χ2n) is 1.93. The number of aliphatic hydroxyl groups is 1. The van der Waals surface area contributed by atoms with Gasteiger partial charge in [0, 0.05) is 6.42 Å². The molecule has 0 amide bonds. The van der Waals surface area contributed by atoms with E-state index in [2.05, 4.69) is 0 Å². The molecule has 0 fully saturated rings. The largest absolute Gasteiger partial charge is 0.512 e. The monoisotopic (exact) mass is 126 g/mol. The highest BCUT2D eigenvalue weighted by Crippen LogP contribution is 1.98. The number of allylic oxidation sites excluding steroid dienone is 4. The summed E-state index contributed by atoms with van der Waals surface area (Å²) >= 11 is 0. The van der Waals surface area contributed by atoms with Crippen molar-refractivity contribution in [1.82, 2.24) is 0 Å². The van der Waals surface area contributed by atoms with E-state index in [0.717, 1.165) is 12.8 Å². The van der Waals surface area contributed by atoms with Crippen LogP contribution in [0, 0.1) is 0 Å². The third kappa shape index (κ3) is 5.15. The summed E-state index contributed by atoms with van der Waals surface area (Å²) in [4.78, 5) is 0. The van der Waals surface area contributed by atoms with Crippen LogP contribution in [-0.4, -0.2) is 5.11 Å². The summed E-state index contributed by atoms with van der Waals surface area (Å²) in [7, 11) is 0. The van der Waals surface area contributed by atoms with Crippen LogP contribution in [0.25, 0.3) is 0 Å². The molecule has 0 radical (unpaired) electrons. The van der Waals surface area contributed by atoms with Gasteiger partial charge in [0.2, 0.25) is 0 Å². The molecular weight excluding hydrogens is 112 g/mol. The molecule has 9 heavy (non-hydrogen) atoms. The summed E-state index contributed by atoms with van der Waals surface area (Å²) in [6.07, 6.45) is 7.24. The fourth-order valence-corrected chi connectivity index (χ4v) is 0.547. The Morgan fingerprint density at radius 2 is 2.22 bits per heavy atom. The summed E-state index contributed by atoms with van der Waals surface area (Å²) < 4.78 is 0. The van der Waals surface area contributed by atoms with E-state index in [1.807, 2.05) is 26.0 Å². The Kier molecular flexibility index (Phi) is 4.98. The molecule has 1 nitrogen and oxygen atoms in total. The molecule has 52 valence electrons. The predicted molar refractivity (Wildman–Crippen MR) is 40.4 cm³/mol. The third-order valence-corrected chi connectivity index (χ3v) is 0.987. The standard InChI is InChI=1S/C8H14O/c1-3-5-7-8(9)6-4-2/h3,5,7,9H,4,6H2,1-2H3/b5-3-,8-7+. The van der Waals surface area contributed by atoms with Crippen molar-refractivity contribution in [1.29, 1.82) is 0 Å². The zero-order chi connectivity index (χ0) is 7.11. The highest BCUT2D eigenvalue weighted by Gasteiger charge is 1.84. The molecule has 0 heterocycles. The van der Waals surface area contributed by atoms with Crippen molar-refractivity contribution in [2.75, 3.05) is 0 Å². The average Bonchev–Trinajstić information content (AvgIpc) is 1.85. The van der Waals surface area contributed by atoms with Crippen molar-refractivity contribution >= 4 is 0 Å². The average molecular weight is 126 g/mol. The molecule has 0 bridgehead atoms. The third-order valence-electron chi connectivity index (χ3n) is 0.987. The predicted octanol–water partition coefficient (Wildman–Crippen LogP) is 2.80. The van der Waals surface area contributed by atoms with E-state index in [4.69, 9.17) is 5.11 Å².